The van der Waals surface area contributed by atoms with Gasteiger partial charge in [-0.2, -0.15) is 4.99 Å². The lowest BCUT2D eigenvalue weighted by molar-refractivity contribution is -0.124. The zero-order chi connectivity index (χ0) is 14.6. The minimum absolute atomic E-state index is 0.228. The van der Waals surface area contributed by atoms with Crippen molar-refractivity contribution >= 4 is 29.3 Å². The zero-order valence-electron chi connectivity index (χ0n) is 10.8. The van der Waals surface area contributed by atoms with Gasteiger partial charge >= 0.3 is 0 Å². The van der Waals surface area contributed by atoms with Gasteiger partial charge in [-0.15, -0.1) is 0 Å². The van der Waals surface area contributed by atoms with Crippen LogP contribution in [0.3, 0.4) is 0 Å². The molecule has 0 spiro atoms. The molecule has 1 aromatic carbocycles. The largest absolute Gasteiger partial charge is 0.365 e. The van der Waals surface area contributed by atoms with Crippen LogP contribution in [0.25, 0.3) is 0 Å². The summed E-state index contributed by atoms with van der Waals surface area (Å²) >= 11 is 0. The summed E-state index contributed by atoms with van der Waals surface area (Å²) in [7, 11) is 0. The van der Waals surface area contributed by atoms with Crippen molar-refractivity contribution < 1.29 is 19.1 Å². The molecule has 0 radical (unpaired) electrons. The van der Waals surface area contributed by atoms with E-state index in [1.165, 1.54) is 11.0 Å². The second-order valence-electron chi connectivity index (χ2n) is 5.23. The van der Waals surface area contributed by atoms with Crippen molar-refractivity contribution in [2.45, 2.75) is 12.2 Å². The molecule has 4 atom stereocenters. The highest BCUT2D eigenvalue weighted by Crippen LogP contribution is 2.46. The van der Waals surface area contributed by atoms with Gasteiger partial charge < -0.3 is 4.74 Å². The number of rotatable bonds is 2. The van der Waals surface area contributed by atoms with E-state index in [1.54, 1.807) is 24.3 Å². The molecule has 3 aliphatic heterocycles. The molecule has 4 rings (SSSR count). The number of ether oxygens (including phenoxy) is 1. The van der Waals surface area contributed by atoms with Crippen LogP contribution in [0, 0.1) is 11.8 Å². The molecule has 2 bridgehead atoms. The van der Waals surface area contributed by atoms with Crippen molar-refractivity contribution in [3.8, 4) is 0 Å². The number of imide groups is 1. The van der Waals surface area contributed by atoms with Crippen molar-refractivity contribution in [3.63, 3.8) is 0 Å². The lowest BCUT2D eigenvalue weighted by Gasteiger charge is -2.17. The van der Waals surface area contributed by atoms with E-state index >= 15 is 0 Å². The average Bonchev–Trinajstić information content (AvgIpc) is 3.15. The van der Waals surface area contributed by atoms with Crippen LogP contribution in [0.1, 0.15) is 0 Å². The van der Waals surface area contributed by atoms with Gasteiger partial charge in [-0.25, -0.2) is 9.69 Å². The van der Waals surface area contributed by atoms with Gasteiger partial charge in [-0.1, -0.05) is 12.2 Å². The van der Waals surface area contributed by atoms with E-state index in [0.29, 0.717) is 11.4 Å². The van der Waals surface area contributed by atoms with Crippen LogP contribution in [0.5, 0.6) is 0 Å². The van der Waals surface area contributed by atoms with Gasteiger partial charge in [0, 0.05) is 0 Å². The minimum atomic E-state index is -0.417. The number of hydrogen-bond acceptors (Lipinski definition) is 5. The van der Waals surface area contributed by atoms with E-state index in [0.717, 1.165) is 0 Å². The topological polar surface area (TPSA) is 76.0 Å². The van der Waals surface area contributed by atoms with E-state index < -0.39 is 11.8 Å². The fourth-order valence-corrected chi connectivity index (χ4v) is 3.29. The summed E-state index contributed by atoms with van der Waals surface area (Å²) in [5.41, 5.74) is 0.918. The highest BCUT2D eigenvalue weighted by Gasteiger charge is 2.60. The maximum absolute atomic E-state index is 12.5. The third kappa shape index (κ3) is 1.57. The van der Waals surface area contributed by atoms with Crippen LogP contribution >= 0.6 is 0 Å². The zero-order valence-corrected chi connectivity index (χ0v) is 10.8. The first-order chi connectivity index (χ1) is 10.2. The second kappa shape index (κ2) is 4.22. The Kier molecular flexibility index (Phi) is 2.45. The predicted octanol–water partition coefficient (Wildman–Crippen LogP) is 1.10. The SMILES string of the molecule is O=C=Nc1ccc(N2C(=O)C3C4C=CC(O4)C3C2=O)cc1. The smallest absolute Gasteiger partial charge is 0.240 e. The molecule has 104 valence electrons. The van der Waals surface area contributed by atoms with Crippen LogP contribution in [0.2, 0.25) is 0 Å². The first-order valence-corrected chi connectivity index (χ1v) is 6.60. The van der Waals surface area contributed by atoms with Gasteiger partial charge in [0.15, 0.2) is 0 Å². The number of carbonyl (C=O) groups is 2. The highest BCUT2D eigenvalue weighted by molar-refractivity contribution is 6.23. The quantitative estimate of drug-likeness (QED) is 0.352. The van der Waals surface area contributed by atoms with E-state index in [9.17, 15) is 14.4 Å². The Morgan fingerprint density at radius 1 is 1.00 bits per heavy atom. The molecule has 3 aliphatic rings. The van der Waals surface area contributed by atoms with Crippen molar-refractivity contribution in [3.05, 3.63) is 36.4 Å². The molecule has 0 aliphatic carbocycles. The molecule has 4 unspecified atom stereocenters. The van der Waals surface area contributed by atoms with E-state index in [-0.39, 0.29) is 24.0 Å². The number of fused-ring (bicyclic) bond motifs is 5. The second-order valence-corrected chi connectivity index (χ2v) is 5.23. The maximum Gasteiger partial charge on any atom is 0.240 e. The van der Waals surface area contributed by atoms with Gasteiger partial charge in [0.05, 0.1) is 35.4 Å². The van der Waals surface area contributed by atoms with Crippen LogP contribution in [-0.2, 0) is 19.1 Å². The number of carbonyl (C=O) groups excluding carboxylic acids is 3. The monoisotopic (exact) mass is 282 g/mol. The molecule has 6 heteroatoms. The molecule has 0 saturated carbocycles. The molecule has 3 heterocycles. The van der Waals surface area contributed by atoms with E-state index in [1.807, 2.05) is 12.2 Å². The summed E-state index contributed by atoms with van der Waals surface area (Å²) < 4.78 is 5.58. The third-order valence-corrected chi connectivity index (χ3v) is 4.19. The van der Waals surface area contributed by atoms with Crippen molar-refractivity contribution in [1.82, 2.24) is 0 Å². The molecular weight excluding hydrogens is 272 g/mol. The Bertz CT molecular complexity index is 688. The molecular formula is C15H10N2O4. The fraction of sp³-hybridized carbons (Fsp3) is 0.267. The van der Waals surface area contributed by atoms with E-state index in [4.69, 9.17) is 4.74 Å². The maximum atomic E-state index is 12.5. The Labute approximate surface area is 119 Å². The first kappa shape index (κ1) is 12.2. The molecule has 2 amide bonds. The number of amides is 2. The number of anilines is 1. The molecule has 2 saturated heterocycles. The van der Waals surface area contributed by atoms with Crippen LogP contribution in [-0.4, -0.2) is 30.1 Å². The van der Waals surface area contributed by atoms with Crippen LogP contribution < -0.4 is 4.90 Å². The number of benzene rings is 1. The molecule has 0 N–H and O–H groups in total. The summed E-state index contributed by atoms with van der Waals surface area (Å²) in [6, 6.07) is 6.34. The fourth-order valence-electron chi connectivity index (χ4n) is 3.29. The van der Waals surface area contributed by atoms with Crippen molar-refractivity contribution in [2.24, 2.45) is 16.8 Å². The third-order valence-electron chi connectivity index (χ3n) is 4.19. The van der Waals surface area contributed by atoms with Crippen LogP contribution in [0.4, 0.5) is 11.4 Å². The summed E-state index contributed by atoms with van der Waals surface area (Å²) in [5.74, 6) is -1.29. The lowest BCUT2D eigenvalue weighted by Crippen LogP contribution is -2.34. The van der Waals surface area contributed by atoms with Gasteiger partial charge in [-0.3, -0.25) is 9.59 Å². The van der Waals surface area contributed by atoms with E-state index in [2.05, 4.69) is 4.99 Å². The summed E-state index contributed by atoms with van der Waals surface area (Å²) in [5, 5.41) is 0. The Hall–Kier alpha value is -2.56. The summed E-state index contributed by atoms with van der Waals surface area (Å²) in [4.78, 5) is 39.9. The lowest BCUT2D eigenvalue weighted by atomic mass is 9.85. The van der Waals surface area contributed by atoms with Gasteiger partial charge in [0.2, 0.25) is 17.9 Å². The molecule has 6 nitrogen and oxygen atoms in total. The first-order valence-electron chi connectivity index (χ1n) is 6.60. The van der Waals surface area contributed by atoms with Crippen LogP contribution in [0.15, 0.2) is 41.4 Å². The molecule has 1 aromatic rings. The van der Waals surface area contributed by atoms with Crippen molar-refractivity contribution in [1.29, 1.82) is 0 Å². The Morgan fingerprint density at radius 2 is 1.57 bits per heavy atom. The van der Waals surface area contributed by atoms with Gasteiger partial charge in [-0.05, 0) is 24.3 Å². The number of aliphatic imine (C=N–C) groups is 1. The highest BCUT2D eigenvalue weighted by atomic mass is 16.5. The minimum Gasteiger partial charge on any atom is -0.365 e. The molecule has 2 fully saturated rings. The summed E-state index contributed by atoms with van der Waals surface area (Å²) in [6.45, 7) is 0. The standard InChI is InChI=1S/C15H10N2O4/c18-7-16-8-1-3-9(4-2-8)17-14(19)12-10-5-6-11(21-10)13(12)15(17)20/h1-6,10-13H. The van der Waals surface area contributed by atoms with Crippen molar-refractivity contribution in [2.75, 3.05) is 4.90 Å². The van der Waals surface area contributed by atoms with Gasteiger partial charge in [0.1, 0.15) is 0 Å². The number of nitrogens with zero attached hydrogens (tertiary/aromatic N) is 2. The Balaban J connectivity index is 1.69. The average molecular weight is 282 g/mol. The molecule has 21 heavy (non-hydrogen) atoms. The summed E-state index contributed by atoms with van der Waals surface area (Å²) in [6.07, 6.45) is 4.56. The predicted molar refractivity (Wildman–Crippen MR) is 71.5 cm³/mol. The number of hydrogen-bond donors (Lipinski definition) is 0. The Morgan fingerprint density at radius 3 is 2.10 bits per heavy atom. The number of isocyanates is 1. The molecule has 0 aromatic heterocycles. The van der Waals surface area contributed by atoms with Gasteiger partial charge in [0.25, 0.3) is 0 Å². The normalized spacial score (nSPS) is 32.5.